The Morgan fingerprint density at radius 1 is 1.10 bits per heavy atom. The first-order chi connectivity index (χ1) is 10.1. The number of esters is 1. The molecular weight excluding hydrogens is 336 g/mol. The predicted octanol–water partition coefficient (Wildman–Crippen LogP) is 2.83. The molecule has 2 aromatic carbocycles. The molecule has 0 aromatic heterocycles. The van der Waals surface area contributed by atoms with Crippen LogP contribution in [0.25, 0.3) is 0 Å². The highest BCUT2D eigenvalue weighted by atomic mass is 79.9. The average Bonchev–Trinajstić information content (AvgIpc) is 2.48. The molecule has 6 heteroatoms. The number of rotatable bonds is 4. The molecule has 2 aromatic rings. The summed E-state index contributed by atoms with van der Waals surface area (Å²) in [5, 5.41) is 2.62. The van der Waals surface area contributed by atoms with Crippen molar-refractivity contribution in [1.29, 1.82) is 0 Å². The highest BCUT2D eigenvalue weighted by Crippen LogP contribution is 2.14. The van der Waals surface area contributed by atoms with Crippen LogP contribution in [0.1, 0.15) is 10.4 Å². The predicted molar refractivity (Wildman–Crippen MR) is 83.9 cm³/mol. The van der Waals surface area contributed by atoms with Gasteiger partial charge in [0.1, 0.15) is 0 Å². The summed E-state index contributed by atoms with van der Waals surface area (Å²) in [5.74, 6) is -1.04. The van der Waals surface area contributed by atoms with E-state index in [0.29, 0.717) is 11.4 Å². The lowest BCUT2D eigenvalue weighted by Gasteiger charge is -2.08. The van der Waals surface area contributed by atoms with Crippen LogP contribution >= 0.6 is 15.9 Å². The lowest BCUT2D eigenvalue weighted by Crippen LogP contribution is -2.21. The van der Waals surface area contributed by atoms with Crippen LogP contribution in [-0.4, -0.2) is 18.5 Å². The Morgan fingerprint density at radius 2 is 1.76 bits per heavy atom. The zero-order valence-electron chi connectivity index (χ0n) is 11.0. The molecule has 0 fully saturated rings. The molecule has 0 aliphatic heterocycles. The molecule has 108 valence electrons. The van der Waals surface area contributed by atoms with E-state index in [9.17, 15) is 9.59 Å². The van der Waals surface area contributed by atoms with Crippen LogP contribution < -0.4 is 11.1 Å². The van der Waals surface area contributed by atoms with Crippen LogP contribution in [0.4, 0.5) is 11.4 Å². The first-order valence-electron chi connectivity index (χ1n) is 6.13. The summed E-state index contributed by atoms with van der Waals surface area (Å²) in [7, 11) is 0. The van der Waals surface area contributed by atoms with Gasteiger partial charge in [-0.3, -0.25) is 4.79 Å². The Bertz CT molecular complexity index is 656. The minimum atomic E-state index is -0.626. The van der Waals surface area contributed by atoms with Crippen LogP contribution in [0.3, 0.4) is 0 Å². The largest absolute Gasteiger partial charge is 0.452 e. The number of hydrogen-bond acceptors (Lipinski definition) is 4. The molecule has 0 saturated carbocycles. The smallest absolute Gasteiger partial charge is 0.340 e. The van der Waals surface area contributed by atoms with Crippen molar-refractivity contribution in [2.75, 3.05) is 17.7 Å². The third-order valence-electron chi connectivity index (χ3n) is 2.64. The average molecular weight is 349 g/mol. The van der Waals surface area contributed by atoms with Crippen molar-refractivity contribution in [3.63, 3.8) is 0 Å². The number of amides is 1. The van der Waals surface area contributed by atoms with E-state index in [-0.39, 0.29) is 12.2 Å². The lowest BCUT2D eigenvalue weighted by atomic mass is 10.2. The standard InChI is InChI=1S/C15H13BrN2O3/c16-10-5-7-11(8-6-10)18-14(19)9-21-15(20)12-3-1-2-4-13(12)17/h1-8H,9,17H2,(H,18,19). The molecule has 21 heavy (non-hydrogen) atoms. The van der Waals surface area contributed by atoms with Gasteiger partial charge in [-0.15, -0.1) is 0 Å². The van der Waals surface area contributed by atoms with Crippen LogP contribution in [0, 0.1) is 0 Å². The quantitative estimate of drug-likeness (QED) is 0.657. The number of carbonyl (C=O) groups is 2. The molecule has 0 saturated heterocycles. The fourth-order valence-electron chi connectivity index (χ4n) is 1.62. The number of nitrogens with one attached hydrogen (secondary N) is 1. The zero-order chi connectivity index (χ0) is 15.2. The van der Waals surface area contributed by atoms with Gasteiger partial charge in [0.15, 0.2) is 6.61 Å². The number of nitrogen functional groups attached to an aromatic ring is 1. The SMILES string of the molecule is Nc1ccccc1C(=O)OCC(=O)Nc1ccc(Br)cc1. The number of para-hydroxylation sites is 1. The summed E-state index contributed by atoms with van der Waals surface area (Å²) >= 11 is 3.30. The van der Waals surface area contributed by atoms with Crippen LogP contribution in [-0.2, 0) is 9.53 Å². The molecule has 0 bridgehead atoms. The van der Waals surface area contributed by atoms with Gasteiger partial charge in [-0.25, -0.2) is 4.79 Å². The van der Waals surface area contributed by atoms with Crippen LogP contribution in [0.2, 0.25) is 0 Å². The highest BCUT2D eigenvalue weighted by molar-refractivity contribution is 9.10. The first kappa shape index (κ1) is 15.1. The Hall–Kier alpha value is -2.34. The van der Waals surface area contributed by atoms with Gasteiger partial charge in [0.25, 0.3) is 5.91 Å². The van der Waals surface area contributed by atoms with Gasteiger partial charge < -0.3 is 15.8 Å². The Morgan fingerprint density at radius 3 is 2.43 bits per heavy atom. The molecule has 3 N–H and O–H groups in total. The number of nitrogens with two attached hydrogens (primary N) is 1. The van der Waals surface area contributed by atoms with Crippen LogP contribution in [0.5, 0.6) is 0 Å². The van der Waals surface area contributed by atoms with E-state index >= 15 is 0 Å². The summed E-state index contributed by atoms with van der Waals surface area (Å²) in [4.78, 5) is 23.5. The summed E-state index contributed by atoms with van der Waals surface area (Å²) < 4.78 is 5.84. The number of anilines is 2. The number of ether oxygens (including phenoxy) is 1. The maximum Gasteiger partial charge on any atom is 0.340 e. The van der Waals surface area contributed by atoms with Gasteiger partial charge in [-0.1, -0.05) is 28.1 Å². The third kappa shape index (κ3) is 4.32. The van der Waals surface area contributed by atoms with Crippen molar-refractivity contribution in [2.45, 2.75) is 0 Å². The van der Waals surface area contributed by atoms with E-state index in [2.05, 4.69) is 21.2 Å². The van der Waals surface area contributed by atoms with E-state index in [1.807, 2.05) is 0 Å². The molecule has 5 nitrogen and oxygen atoms in total. The van der Waals surface area contributed by atoms with Crippen molar-refractivity contribution in [3.8, 4) is 0 Å². The van der Waals surface area contributed by atoms with Crippen molar-refractivity contribution >= 4 is 39.2 Å². The molecule has 2 rings (SSSR count). The van der Waals surface area contributed by atoms with E-state index < -0.39 is 11.9 Å². The Kier molecular flexibility index (Phi) is 4.94. The van der Waals surface area contributed by atoms with Gasteiger partial charge in [-0.2, -0.15) is 0 Å². The Labute approximate surface area is 130 Å². The topological polar surface area (TPSA) is 81.4 Å². The summed E-state index contributed by atoms with van der Waals surface area (Å²) in [6, 6.07) is 13.6. The van der Waals surface area contributed by atoms with E-state index in [1.165, 1.54) is 0 Å². The minimum absolute atomic E-state index is 0.244. The van der Waals surface area contributed by atoms with Crippen LogP contribution in [0.15, 0.2) is 53.0 Å². The second kappa shape index (κ2) is 6.90. The molecule has 0 spiro atoms. The van der Waals surface area contributed by atoms with Gasteiger partial charge in [0.05, 0.1) is 5.56 Å². The second-order valence-electron chi connectivity index (χ2n) is 4.22. The molecule has 1 amide bonds. The molecular formula is C15H13BrN2O3. The van der Waals surface area contributed by atoms with Gasteiger partial charge in [-0.05, 0) is 36.4 Å². The summed E-state index contributed by atoms with van der Waals surface area (Å²) in [5.41, 5.74) is 6.84. The normalized spacial score (nSPS) is 9.95. The maximum atomic E-state index is 11.8. The molecule has 0 heterocycles. The summed E-state index contributed by atoms with van der Waals surface area (Å²) in [6.07, 6.45) is 0. The number of benzene rings is 2. The van der Waals surface area contributed by atoms with Crippen molar-refractivity contribution in [1.82, 2.24) is 0 Å². The fourth-order valence-corrected chi connectivity index (χ4v) is 1.89. The maximum absolute atomic E-state index is 11.8. The molecule has 0 atom stereocenters. The molecule has 0 radical (unpaired) electrons. The number of hydrogen-bond donors (Lipinski definition) is 2. The molecule has 0 unspecified atom stereocenters. The van der Waals surface area contributed by atoms with E-state index in [4.69, 9.17) is 10.5 Å². The van der Waals surface area contributed by atoms with Crippen molar-refractivity contribution < 1.29 is 14.3 Å². The van der Waals surface area contributed by atoms with Gasteiger partial charge in [0, 0.05) is 15.8 Å². The van der Waals surface area contributed by atoms with Gasteiger partial charge >= 0.3 is 5.97 Å². The van der Waals surface area contributed by atoms with Crippen molar-refractivity contribution in [2.24, 2.45) is 0 Å². The fraction of sp³-hybridized carbons (Fsp3) is 0.0667. The molecule has 0 aliphatic rings. The Balaban J connectivity index is 1.88. The minimum Gasteiger partial charge on any atom is -0.452 e. The van der Waals surface area contributed by atoms with Crippen molar-refractivity contribution in [3.05, 3.63) is 58.6 Å². The number of carbonyl (C=O) groups excluding carboxylic acids is 2. The highest BCUT2D eigenvalue weighted by Gasteiger charge is 2.12. The first-order valence-corrected chi connectivity index (χ1v) is 6.92. The monoisotopic (exact) mass is 348 g/mol. The van der Waals surface area contributed by atoms with Gasteiger partial charge in [0.2, 0.25) is 0 Å². The lowest BCUT2D eigenvalue weighted by molar-refractivity contribution is -0.119. The number of halogens is 1. The zero-order valence-corrected chi connectivity index (χ0v) is 12.6. The second-order valence-corrected chi connectivity index (χ2v) is 5.13. The summed E-state index contributed by atoms with van der Waals surface area (Å²) in [6.45, 7) is -0.372. The van der Waals surface area contributed by atoms with E-state index in [1.54, 1.807) is 48.5 Å². The van der Waals surface area contributed by atoms with E-state index in [0.717, 1.165) is 4.47 Å². The third-order valence-corrected chi connectivity index (χ3v) is 3.17. The molecule has 0 aliphatic carbocycles.